The Morgan fingerprint density at radius 2 is 1.86 bits per heavy atom. The zero-order chi connectivity index (χ0) is 25.4. The van der Waals surface area contributed by atoms with E-state index in [1.807, 2.05) is 54.6 Å². The van der Waals surface area contributed by atoms with Gasteiger partial charge in [0.15, 0.2) is 23.1 Å². The molecule has 0 aliphatic carbocycles. The second-order valence-corrected chi connectivity index (χ2v) is 8.32. The normalized spacial score (nSPS) is 12.1. The highest BCUT2D eigenvalue weighted by Gasteiger charge is 2.27. The van der Waals surface area contributed by atoms with Crippen LogP contribution < -0.4 is 15.8 Å². The first-order valence-corrected chi connectivity index (χ1v) is 11.5. The van der Waals surface area contributed by atoms with Gasteiger partial charge in [-0.05, 0) is 35.4 Å². The van der Waals surface area contributed by atoms with Gasteiger partial charge in [-0.15, -0.1) is 5.10 Å². The summed E-state index contributed by atoms with van der Waals surface area (Å²) in [5, 5.41) is 12.6. The Hall–Kier alpha value is -5.19. The number of benzene rings is 2. The Labute approximate surface area is 210 Å². The number of ether oxygens (including phenoxy) is 1. The molecule has 184 valence electrons. The van der Waals surface area contributed by atoms with Crippen LogP contribution in [0.5, 0.6) is 5.75 Å². The van der Waals surface area contributed by atoms with E-state index in [0.717, 1.165) is 16.9 Å². The molecule has 0 saturated carbocycles. The van der Waals surface area contributed by atoms with E-state index >= 15 is 0 Å². The molecule has 0 aliphatic rings. The summed E-state index contributed by atoms with van der Waals surface area (Å²) in [5.74, 6) is 1.49. The van der Waals surface area contributed by atoms with Crippen LogP contribution in [0.1, 0.15) is 17.2 Å². The maximum absolute atomic E-state index is 13.6. The van der Waals surface area contributed by atoms with Crippen LogP contribution in [0.2, 0.25) is 0 Å². The fourth-order valence-corrected chi connectivity index (χ4v) is 4.19. The molecule has 11 nitrogen and oxygen atoms in total. The van der Waals surface area contributed by atoms with Gasteiger partial charge in [-0.25, -0.2) is 9.67 Å². The van der Waals surface area contributed by atoms with E-state index < -0.39 is 6.04 Å². The highest BCUT2D eigenvalue weighted by molar-refractivity contribution is 5.92. The summed E-state index contributed by atoms with van der Waals surface area (Å²) in [4.78, 5) is 22.7. The molecule has 2 aromatic carbocycles. The van der Waals surface area contributed by atoms with Crippen molar-refractivity contribution < 1.29 is 13.9 Å². The highest BCUT2D eigenvalue weighted by atomic mass is 16.5. The predicted molar refractivity (Wildman–Crippen MR) is 136 cm³/mol. The molecule has 37 heavy (non-hydrogen) atoms. The van der Waals surface area contributed by atoms with Gasteiger partial charge in [0.05, 0.1) is 25.0 Å². The van der Waals surface area contributed by atoms with Gasteiger partial charge in [0.1, 0.15) is 5.75 Å². The van der Waals surface area contributed by atoms with E-state index in [1.165, 1.54) is 4.52 Å². The summed E-state index contributed by atoms with van der Waals surface area (Å²) >= 11 is 0. The van der Waals surface area contributed by atoms with E-state index in [1.54, 1.807) is 36.4 Å². The van der Waals surface area contributed by atoms with Crippen molar-refractivity contribution in [1.82, 2.24) is 34.7 Å². The minimum absolute atomic E-state index is 0.111. The summed E-state index contributed by atoms with van der Waals surface area (Å²) in [6, 6.07) is 19.6. The molecule has 1 atom stereocenters. The lowest BCUT2D eigenvalue weighted by Crippen LogP contribution is -2.33. The highest BCUT2D eigenvalue weighted by Crippen LogP contribution is 2.27. The molecule has 3 N–H and O–H groups in total. The zero-order valence-corrected chi connectivity index (χ0v) is 19.8. The molecule has 6 rings (SSSR count). The number of nitrogens with zero attached hydrogens (tertiary/aromatic N) is 6. The number of carbonyl (C=O) groups is 1. The summed E-state index contributed by atoms with van der Waals surface area (Å²) in [7, 11) is 1.61. The summed E-state index contributed by atoms with van der Waals surface area (Å²) in [5.41, 5.74) is 8.82. The second kappa shape index (κ2) is 9.11. The molecule has 0 aliphatic heterocycles. The van der Waals surface area contributed by atoms with Crippen molar-refractivity contribution in [3.05, 3.63) is 90.3 Å². The number of nitrogens with two attached hydrogens (primary N) is 1. The van der Waals surface area contributed by atoms with Gasteiger partial charge in [-0.2, -0.15) is 14.6 Å². The SMILES string of the molecule is COc1ccc(CNC(=O)C(c2ccccc2)n2ncc3c2nc(N)n2nc(-c4ccco4)nc32)cc1. The van der Waals surface area contributed by atoms with Crippen LogP contribution in [0.3, 0.4) is 0 Å². The van der Waals surface area contributed by atoms with Gasteiger partial charge in [0, 0.05) is 6.54 Å². The van der Waals surface area contributed by atoms with Crippen molar-refractivity contribution in [2.45, 2.75) is 12.6 Å². The molecule has 4 aromatic heterocycles. The van der Waals surface area contributed by atoms with E-state index in [0.29, 0.717) is 34.8 Å². The van der Waals surface area contributed by atoms with E-state index in [-0.39, 0.29) is 11.9 Å². The lowest BCUT2D eigenvalue weighted by atomic mass is 10.1. The Morgan fingerprint density at radius 1 is 1.05 bits per heavy atom. The van der Waals surface area contributed by atoms with E-state index in [9.17, 15) is 4.79 Å². The summed E-state index contributed by atoms with van der Waals surface area (Å²) in [6.07, 6.45) is 3.16. The third-order valence-electron chi connectivity index (χ3n) is 6.03. The van der Waals surface area contributed by atoms with Crippen LogP contribution in [0, 0.1) is 0 Å². The lowest BCUT2D eigenvalue weighted by molar-refractivity contribution is -0.123. The Bertz CT molecular complexity index is 1690. The molecule has 0 bridgehead atoms. The third kappa shape index (κ3) is 4.01. The Morgan fingerprint density at radius 3 is 2.59 bits per heavy atom. The molecule has 0 spiro atoms. The number of carbonyl (C=O) groups excluding carboxylic acids is 1. The van der Waals surface area contributed by atoms with Crippen molar-refractivity contribution >= 4 is 28.5 Å². The minimum atomic E-state index is -0.793. The van der Waals surface area contributed by atoms with Gasteiger partial charge in [-0.1, -0.05) is 42.5 Å². The fraction of sp³-hybridized carbons (Fsp3) is 0.115. The van der Waals surface area contributed by atoms with Crippen LogP contribution >= 0.6 is 0 Å². The number of nitrogens with one attached hydrogen (secondary N) is 1. The minimum Gasteiger partial charge on any atom is -0.497 e. The number of nitrogen functional groups attached to an aromatic ring is 1. The van der Waals surface area contributed by atoms with Crippen molar-refractivity contribution in [1.29, 1.82) is 0 Å². The average Bonchev–Trinajstić information content (AvgIpc) is 3.69. The molecule has 1 unspecified atom stereocenters. The first-order valence-electron chi connectivity index (χ1n) is 11.5. The molecule has 0 saturated heterocycles. The maximum atomic E-state index is 13.6. The van der Waals surface area contributed by atoms with Crippen molar-refractivity contribution in [3.63, 3.8) is 0 Å². The topological polar surface area (TPSA) is 138 Å². The van der Waals surface area contributed by atoms with Gasteiger partial charge < -0.3 is 20.2 Å². The maximum Gasteiger partial charge on any atom is 0.249 e. The number of hydrogen-bond acceptors (Lipinski definition) is 8. The molecule has 11 heteroatoms. The van der Waals surface area contributed by atoms with Crippen molar-refractivity contribution in [2.24, 2.45) is 0 Å². The van der Waals surface area contributed by atoms with Crippen LogP contribution in [0.25, 0.3) is 28.3 Å². The van der Waals surface area contributed by atoms with Gasteiger partial charge in [-0.3, -0.25) is 4.79 Å². The second-order valence-electron chi connectivity index (χ2n) is 8.32. The quantitative estimate of drug-likeness (QED) is 0.345. The number of furan rings is 1. The molecular weight excluding hydrogens is 472 g/mol. The number of anilines is 1. The standard InChI is InChI=1S/C26H22N8O3/c1-36-18-11-9-16(10-12-18)14-28-25(35)21(17-6-3-2-4-7-17)33-24-19(15-29-33)23-30-22(20-8-5-13-37-20)32-34(23)26(27)31-24/h2-13,15,21H,14H2,1H3,(H2,27,31)(H,28,35). The predicted octanol–water partition coefficient (Wildman–Crippen LogP) is 3.23. The Kier molecular flexibility index (Phi) is 5.49. The molecule has 4 heterocycles. The van der Waals surface area contributed by atoms with Crippen molar-refractivity contribution in [3.8, 4) is 17.3 Å². The smallest absolute Gasteiger partial charge is 0.249 e. The van der Waals surface area contributed by atoms with Crippen LogP contribution in [0.4, 0.5) is 5.95 Å². The first-order chi connectivity index (χ1) is 18.1. The van der Waals surface area contributed by atoms with Crippen LogP contribution in [-0.2, 0) is 11.3 Å². The molecule has 0 radical (unpaired) electrons. The van der Waals surface area contributed by atoms with Crippen LogP contribution in [0.15, 0.2) is 83.6 Å². The third-order valence-corrected chi connectivity index (χ3v) is 6.03. The van der Waals surface area contributed by atoms with Crippen LogP contribution in [-0.4, -0.2) is 42.4 Å². The monoisotopic (exact) mass is 494 g/mol. The number of fused-ring (bicyclic) bond motifs is 3. The number of rotatable bonds is 7. The molecule has 6 aromatic rings. The van der Waals surface area contributed by atoms with Gasteiger partial charge >= 0.3 is 0 Å². The van der Waals surface area contributed by atoms with Crippen molar-refractivity contribution in [2.75, 3.05) is 12.8 Å². The van der Waals surface area contributed by atoms with E-state index in [2.05, 4.69) is 25.5 Å². The number of aromatic nitrogens is 6. The van der Waals surface area contributed by atoms with Gasteiger partial charge in [0.2, 0.25) is 17.7 Å². The number of methoxy groups -OCH3 is 1. The number of amides is 1. The first kappa shape index (κ1) is 22.3. The Balaban J connectivity index is 1.40. The average molecular weight is 495 g/mol. The number of hydrogen-bond donors (Lipinski definition) is 2. The molecular formula is C26H22N8O3. The largest absolute Gasteiger partial charge is 0.497 e. The molecule has 0 fully saturated rings. The fourth-order valence-electron chi connectivity index (χ4n) is 4.19. The summed E-state index contributed by atoms with van der Waals surface area (Å²) in [6.45, 7) is 0.335. The van der Waals surface area contributed by atoms with Gasteiger partial charge in [0.25, 0.3) is 0 Å². The van der Waals surface area contributed by atoms with E-state index in [4.69, 9.17) is 14.9 Å². The summed E-state index contributed by atoms with van der Waals surface area (Å²) < 4.78 is 13.6. The zero-order valence-electron chi connectivity index (χ0n) is 19.8. The lowest BCUT2D eigenvalue weighted by Gasteiger charge is -2.18. The molecule has 1 amide bonds.